The maximum Gasteiger partial charge on any atom is 0.346 e. The van der Waals surface area contributed by atoms with E-state index in [-0.39, 0.29) is 11.9 Å². The van der Waals surface area contributed by atoms with Gasteiger partial charge in [-0.2, -0.15) is 4.99 Å². The van der Waals surface area contributed by atoms with Gasteiger partial charge in [0.2, 0.25) is 0 Å². The van der Waals surface area contributed by atoms with E-state index >= 15 is 0 Å². The second-order valence-corrected chi connectivity index (χ2v) is 6.92. The zero-order valence-corrected chi connectivity index (χ0v) is 14.7. The monoisotopic (exact) mass is 337 g/mol. The molecule has 0 aromatic heterocycles. The Morgan fingerprint density at radius 3 is 3.12 bits per heavy atom. The molecule has 2 atom stereocenters. The molecule has 25 heavy (non-hydrogen) atoms. The number of fused-ring (bicyclic) bond motifs is 1. The molecule has 2 aliphatic heterocycles. The van der Waals surface area contributed by atoms with Crippen LogP contribution in [-0.2, 0) is 11.3 Å². The van der Waals surface area contributed by atoms with Gasteiger partial charge < -0.3 is 10.1 Å². The Kier molecular flexibility index (Phi) is 4.27. The first-order chi connectivity index (χ1) is 12.1. The van der Waals surface area contributed by atoms with E-state index in [4.69, 9.17) is 4.74 Å². The number of hydrogen-bond donors (Lipinski definition) is 1. The van der Waals surface area contributed by atoms with Crippen molar-refractivity contribution >= 4 is 11.7 Å². The number of rotatable bonds is 3. The zero-order chi connectivity index (χ0) is 17.4. The predicted molar refractivity (Wildman–Crippen MR) is 97.8 cm³/mol. The molecule has 1 saturated heterocycles. The summed E-state index contributed by atoms with van der Waals surface area (Å²) >= 11 is 0. The van der Waals surface area contributed by atoms with E-state index in [0.29, 0.717) is 6.04 Å². The molecular weight excluding hydrogens is 314 g/mol. The van der Waals surface area contributed by atoms with Gasteiger partial charge in [-0.3, -0.25) is 4.90 Å². The quantitative estimate of drug-likeness (QED) is 0.923. The number of amides is 2. The van der Waals surface area contributed by atoms with Crippen LogP contribution in [0.2, 0.25) is 0 Å². The lowest BCUT2D eigenvalue weighted by molar-refractivity contribution is -0.00445. The number of benzene rings is 1. The van der Waals surface area contributed by atoms with Gasteiger partial charge in [0.1, 0.15) is 0 Å². The van der Waals surface area contributed by atoms with Crippen molar-refractivity contribution in [1.29, 1.82) is 0 Å². The lowest BCUT2D eigenvalue weighted by Crippen LogP contribution is -2.43. The molecule has 1 aliphatic carbocycles. The lowest BCUT2D eigenvalue weighted by Gasteiger charge is -2.34. The Labute approximate surface area is 148 Å². The molecule has 5 nitrogen and oxygen atoms in total. The predicted octanol–water partition coefficient (Wildman–Crippen LogP) is 2.92. The first kappa shape index (κ1) is 16.2. The van der Waals surface area contributed by atoms with E-state index in [1.165, 1.54) is 16.7 Å². The molecule has 0 bridgehead atoms. The van der Waals surface area contributed by atoms with Gasteiger partial charge in [0.05, 0.1) is 24.6 Å². The molecule has 1 aromatic rings. The number of carbonyl (C=O) groups excluding carboxylic acids is 1. The Balaban J connectivity index is 1.59. The Bertz CT molecular complexity index is 794. The second kappa shape index (κ2) is 6.58. The molecule has 130 valence electrons. The topological polar surface area (TPSA) is 53.9 Å². The van der Waals surface area contributed by atoms with Gasteiger partial charge in [-0.05, 0) is 42.7 Å². The molecule has 1 fully saturated rings. The van der Waals surface area contributed by atoms with Gasteiger partial charge in [0, 0.05) is 25.0 Å². The molecule has 5 heteroatoms. The summed E-state index contributed by atoms with van der Waals surface area (Å²) in [4.78, 5) is 17.9. The van der Waals surface area contributed by atoms with Gasteiger partial charge in [-0.25, -0.2) is 4.79 Å². The summed E-state index contributed by atoms with van der Waals surface area (Å²) in [7, 11) is 0. The van der Waals surface area contributed by atoms with Crippen LogP contribution in [0, 0.1) is 6.92 Å². The summed E-state index contributed by atoms with van der Waals surface area (Å²) in [5.74, 6) is 0.161. The van der Waals surface area contributed by atoms with Crippen LogP contribution in [0.1, 0.15) is 29.5 Å². The maximum atomic E-state index is 11.4. The fraction of sp³-hybridized carbons (Fsp3) is 0.400. The number of hydrogen-bond acceptors (Lipinski definition) is 3. The highest BCUT2D eigenvalue weighted by Crippen LogP contribution is 2.30. The van der Waals surface area contributed by atoms with Gasteiger partial charge in [-0.1, -0.05) is 24.3 Å². The maximum absolute atomic E-state index is 11.4. The van der Waals surface area contributed by atoms with E-state index in [1.54, 1.807) is 0 Å². The summed E-state index contributed by atoms with van der Waals surface area (Å²) < 4.78 is 5.54. The minimum atomic E-state index is -0.279. The second-order valence-electron chi connectivity index (χ2n) is 6.92. The minimum absolute atomic E-state index is 0.161. The van der Waals surface area contributed by atoms with E-state index in [2.05, 4.69) is 59.4 Å². The summed E-state index contributed by atoms with van der Waals surface area (Å²) in [6, 6.07) is 6.68. The van der Waals surface area contributed by atoms with Crippen LogP contribution in [0.4, 0.5) is 4.79 Å². The first-order valence-corrected chi connectivity index (χ1v) is 8.82. The van der Waals surface area contributed by atoms with Crippen molar-refractivity contribution in [2.24, 2.45) is 4.99 Å². The molecule has 4 rings (SSSR count). The van der Waals surface area contributed by atoms with Crippen molar-refractivity contribution in [3.8, 4) is 0 Å². The van der Waals surface area contributed by atoms with Crippen LogP contribution in [0.5, 0.6) is 0 Å². The van der Waals surface area contributed by atoms with Crippen molar-refractivity contribution < 1.29 is 9.53 Å². The Hall–Kier alpha value is -2.24. The van der Waals surface area contributed by atoms with Gasteiger partial charge in [-0.15, -0.1) is 0 Å². The minimum Gasteiger partial charge on any atom is -0.379 e. The van der Waals surface area contributed by atoms with E-state index in [0.717, 1.165) is 37.7 Å². The highest BCUT2D eigenvalue weighted by molar-refractivity contribution is 6.19. The number of aliphatic imine (C=N–C) groups is 1. The highest BCUT2D eigenvalue weighted by atomic mass is 16.5. The smallest absolute Gasteiger partial charge is 0.346 e. The van der Waals surface area contributed by atoms with E-state index in [9.17, 15) is 4.79 Å². The molecule has 0 saturated carbocycles. The fourth-order valence-electron chi connectivity index (χ4n) is 3.71. The summed E-state index contributed by atoms with van der Waals surface area (Å²) in [5.41, 5.74) is 5.51. The van der Waals surface area contributed by atoms with Crippen LogP contribution in [0.25, 0.3) is 0 Å². The number of allylic oxidation sites excluding steroid dienone is 3. The van der Waals surface area contributed by atoms with Gasteiger partial charge >= 0.3 is 6.03 Å². The third-order valence-corrected chi connectivity index (χ3v) is 5.27. The summed E-state index contributed by atoms with van der Waals surface area (Å²) in [6.07, 6.45) is 6.15. The molecule has 2 heterocycles. The number of morpholine rings is 1. The number of carbonyl (C=O) groups is 1. The highest BCUT2D eigenvalue weighted by Gasteiger charge is 2.24. The average Bonchev–Trinajstić information content (AvgIpc) is 2.98. The largest absolute Gasteiger partial charge is 0.379 e. The third kappa shape index (κ3) is 3.17. The van der Waals surface area contributed by atoms with Crippen molar-refractivity contribution in [2.75, 3.05) is 19.8 Å². The molecule has 3 aliphatic rings. The number of ether oxygens (including phenoxy) is 1. The van der Waals surface area contributed by atoms with E-state index < -0.39 is 0 Å². The standard InChI is InChI=1S/C20H23N3O2/c1-13-12-25-9-8-23(13)11-16-4-3-5-17(14(16)2)15-6-7-18-19(10-15)22-20(24)21-18/h3-7,10,13,15H,8-9,11-12H2,1-2H3,(H,22,24)/t13-,15?/m1/s1. The Morgan fingerprint density at radius 2 is 2.28 bits per heavy atom. The summed E-state index contributed by atoms with van der Waals surface area (Å²) in [5, 5.41) is 2.81. The van der Waals surface area contributed by atoms with E-state index in [1.807, 2.05) is 6.08 Å². The van der Waals surface area contributed by atoms with Crippen molar-refractivity contribution in [3.05, 3.63) is 58.8 Å². The van der Waals surface area contributed by atoms with Crippen LogP contribution in [0.15, 0.2) is 47.1 Å². The lowest BCUT2D eigenvalue weighted by atomic mass is 9.88. The molecular formula is C20H23N3O2. The zero-order valence-electron chi connectivity index (χ0n) is 14.7. The number of nitrogens with zero attached hydrogens (tertiary/aromatic N) is 2. The van der Waals surface area contributed by atoms with Gasteiger partial charge in [0.15, 0.2) is 0 Å². The Morgan fingerprint density at radius 1 is 1.40 bits per heavy atom. The first-order valence-electron chi connectivity index (χ1n) is 8.82. The molecule has 0 spiro atoms. The van der Waals surface area contributed by atoms with Crippen molar-refractivity contribution in [2.45, 2.75) is 32.4 Å². The summed E-state index contributed by atoms with van der Waals surface area (Å²) in [6.45, 7) is 7.94. The van der Waals surface area contributed by atoms with Gasteiger partial charge in [0.25, 0.3) is 0 Å². The van der Waals surface area contributed by atoms with Crippen LogP contribution >= 0.6 is 0 Å². The van der Waals surface area contributed by atoms with Crippen LogP contribution in [0.3, 0.4) is 0 Å². The van der Waals surface area contributed by atoms with Crippen LogP contribution in [-0.4, -0.2) is 42.4 Å². The SMILES string of the molecule is Cc1c(CN2CCOC[C@H]2C)cccc1C1C=CC2=NC(=O)NC2=C1. The fourth-order valence-corrected chi connectivity index (χ4v) is 3.71. The number of urea groups is 1. The molecule has 0 radical (unpaired) electrons. The molecule has 2 amide bonds. The molecule has 1 unspecified atom stereocenters. The van der Waals surface area contributed by atoms with Crippen molar-refractivity contribution in [1.82, 2.24) is 10.2 Å². The molecule has 1 N–H and O–H groups in total. The number of nitrogens with one attached hydrogen (secondary N) is 1. The third-order valence-electron chi connectivity index (χ3n) is 5.27. The van der Waals surface area contributed by atoms with Crippen molar-refractivity contribution in [3.63, 3.8) is 0 Å². The normalized spacial score (nSPS) is 26.1. The molecule has 1 aromatic carbocycles. The average molecular weight is 337 g/mol. The van der Waals surface area contributed by atoms with Crippen LogP contribution < -0.4 is 5.32 Å².